The number of anilines is 18. The SMILES string of the molecule is c1ccc(N(c2ccccc2)c2ccc(N(c3ccccc3)c3ccc4c(c3)c3ccccc3n4-c3ccccc3)cc2)cc1.c1ccc(N(c2ccccc2)c2ccc(N(c3ccccc3)c3ccc4c(c3)c3ccccc3n4-c3ccncc3)cc2)cc1.c1ccc(N(c2ccccc2)c2ccc(N(c3ccccc3)c3ccc4c(c3)c3cccnc3n4-c3ccccc3)cc2)cc1. The van der Waals surface area contributed by atoms with Gasteiger partial charge in [-0.05, 0) is 297 Å². The average molecular weight is 1740 g/mol. The summed E-state index contributed by atoms with van der Waals surface area (Å²) >= 11 is 0. The molecule has 135 heavy (non-hydrogen) atoms. The van der Waals surface area contributed by atoms with Gasteiger partial charge in [0.2, 0.25) is 0 Å². The van der Waals surface area contributed by atoms with Crippen molar-refractivity contribution in [2.24, 2.45) is 0 Å². The number of aromatic nitrogens is 5. The molecule has 24 rings (SSSR count). The number of hydrogen-bond acceptors (Lipinski definition) is 8. The predicted molar refractivity (Wildman–Crippen MR) is 566 cm³/mol. The lowest BCUT2D eigenvalue weighted by molar-refractivity contribution is 1.13. The standard InChI is InChI=1S/C42H31N3.2C41H30N4/c1-5-15-32(16-6-1)43(33-17-7-2-8-18-33)36-25-27-37(28-26-36)44(34-19-9-3-10-20-34)38-29-30-42-40(31-38)39-23-13-14-24-41(39)45(42)35-21-11-4-12-22-35;1-5-14-31(15-6-1)43(32-16-7-2-8-17-32)35-23-25-36(26-24-35)44(33-18-9-3-10-19-33)37-27-28-40-39(30-37)38-22-13-29-42-41(38)45(40)34-20-11-4-12-21-34;1-4-12-31(13-5-1)43(32-14-6-2-7-15-32)34-20-22-35(23-21-34)44(33-16-8-3-9-17-33)37-24-25-41-39(30-37)38-18-10-11-19-40(38)45(41)36-26-28-42-29-27-36/h1-31H;2*1-30H. The highest BCUT2D eigenvalue weighted by molar-refractivity contribution is 6.13. The number of hydrogen-bond donors (Lipinski definition) is 0. The van der Waals surface area contributed by atoms with Crippen LogP contribution >= 0.6 is 0 Å². The molecule has 0 saturated carbocycles. The van der Waals surface area contributed by atoms with E-state index in [9.17, 15) is 0 Å². The Labute approximate surface area is 785 Å². The van der Waals surface area contributed by atoms with Crippen LogP contribution in [0.2, 0.25) is 0 Å². The molecule has 0 unspecified atom stereocenters. The van der Waals surface area contributed by atoms with Gasteiger partial charge in [0, 0.05) is 170 Å². The smallest absolute Gasteiger partial charge is 0.145 e. The van der Waals surface area contributed by atoms with E-state index in [1.807, 2.05) is 30.7 Å². The third-order valence-corrected chi connectivity index (χ3v) is 24.8. The van der Waals surface area contributed by atoms with Gasteiger partial charge in [-0.15, -0.1) is 0 Å². The van der Waals surface area contributed by atoms with Gasteiger partial charge in [-0.25, -0.2) is 4.98 Å². The van der Waals surface area contributed by atoms with Gasteiger partial charge in [-0.1, -0.05) is 237 Å². The third kappa shape index (κ3) is 16.6. The Bertz CT molecular complexity index is 7220. The molecule has 0 saturated heterocycles. The van der Waals surface area contributed by atoms with Crippen LogP contribution in [0.15, 0.2) is 552 Å². The summed E-state index contributed by atoms with van der Waals surface area (Å²) in [6, 6.07) is 188. The molecule has 11 heteroatoms. The molecule has 0 aliphatic rings. The van der Waals surface area contributed by atoms with Gasteiger partial charge in [0.25, 0.3) is 0 Å². The van der Waals surface area contributed by atoms with E-state index in [-0.39, 0.29) is 0 Å². The lowest BCUT2D eigenvalue weighted by atomic mass is 10.1. The van der Waals surface area contributed by atoms with Crippen molar-refractivity contribution in [1.29, 1.82) is 0 Å². The monoisotopic (exact) mass is 1730 g/mol. The summed E-state index contributed by atoms with van der Waals surface area (Å²) in [4.78, 5) is 22.9. The van der Waals surface area contributed by atoms with E-state index in [2.05, 4.69) is 570 Å². The van der Waals surface area contributed by atoms with E-state index in [1.165, 1.54) is 38.1 Å². The molecular weight excluding hydrogens is 1640 g/mol. The summed E-state index contributed by atoms with van der Waals surface area (Å²) in [5, 5.41) is 7.18. The molecule has 0 amide bonds. The van der Waals surface area contributed by atoms with E-state index < -0.39 is 0 Å². The van der Waals surface area contributed by atoms with Crippen LogP contribution in [0, 0.1) is 0 Å². The van der Waals surface area contributed by atoms with Crippen LogP contribution in [0.4, 0.5) is 102 Å². The summed E-state index contributed by atoms with van der Waals surface area (Å²) in [6.07, 6.45) is 5.57. The minimum atomic E-state index is 0.952. The van der Waals surface area contributed by atoms with Crippen molar-refractivity contribution in [3.8, 4) is 17.1 Å². The van der Waals surface area contributed by atoms with Gasteiger partial charge in [-0.3, -0.25) is 9.55 Å². The maximum atomic E-state index is 4.81. The van der Waals surface area contributed by atoms with Crippen LogP contribution in [0.1, 0.15) is 0 Å². The molecule has 0 fully saturated rings. The van der Waals surface area contributed by atoms with Crippen LogP contribution in [0.5, 0.6) is 0 Å². The second-order valence-corrected chi connectivity index (χ2v) is 33.0. The number of fused-ring (bicyclic) bond motifs is 9. The summed E-state index contributed by atoms with van der Waals surface area (Å²) in [7, 11) is 0. The molecule has 0 spiro atoms. The first-order chi connectivity index (χ1) is 67.0. The highest BCUT2D eigenvalue weighted by atomic mass is 15.2. The fourth-order valence-electron chi connectivity index (χ4n) is 18.8. The molecule has 0 N–H and O–H groups in total. The summed E-state index contributed by atoms with van der Waals surface area (Å²) in [5.41, 5.74) is 30.0. The van der Waals surface area contributed by atoms with E-state index in [1.54, 1.807) is 0 Å². The topological polar surface area (TPSA) is 60.0 Å². The van der Waals surface area contributed by atoms with E-state index in [0.29, 0.717) is 0 Å². The minimum absolute atomic E-state index is 0.952. The zero-order valence-corrected chi connectivity index (χ0v) is 74.0. The van der Waals surface area contributed by atoms with Crippen molar-refractivity contribution in [2.45, 2.75) is 0 Å². The molecule has 642 valence electrons. The normalized spacial score (nSPS) is 11.1. The van der Waals surface area contributed by atoms with Gasteiger partial charge in [0.1, 0.15) is 5.65 Å². The molecule has 19 aromatic carbocycles. The summed E-state index contributed by atoms with van der Waals surface area (Å²) in [5.74, 6) is 0. The highest BCUT2D eigenvalue weighted by Crippen LogP contribution is 2.48. The molecule has 0 bridgehead atoms. The highest BCUT2D eigenvalue weighted by Gasteiger charge is 2.25. The molecule has 11 nitrogen and oxygen atoms in total. The first-order valence-corrected chi connectivity index (χ1v) is 45.6. The van der Waals surface area contributed by atoms with Gasteiger partial charge in [-0.2, -0.15) is 0 Å². The van der Waals surface area contributed by atoms with Crippen LogP contribution in [0.25, 0.3) is 82.6 Å². The molecule has 0 aliphatic carbocycles. The van der Waals surface area contributed by atoms with Gasteiger partial charge < -0.3 is 38.5 Å². The maximum absolute atomic E-state index is 4.81. The number of nitrogens with zero attached hydrogens (tertiary/aromatic N) is 11. The predicted octanol–water partition coefficient (Wildman–Crippen LogP) is 34.0. The molecular formula is C124H91N11. The van der Waals surface area contributed by atoms with Gasteiger partial charge in [0.15, 0.2) is 0 Å². The Morgan fingerprint density at radius 1 is 0.133 bits per heavy atom. The van der Waals surface area contributed by atoms with E-state index in [4.69, 9.17) is 4.98 Å². The molecule has 0 aliphatic heterocycles. The Balaban J connectivity index is 0.000000118. The molecule has 0 radical (unpaired) electrons. The molecule has 5 aromatic heterocycles. The second-order valence-electron chi connectivity index (χ2n) is 33.0. The van der Waals surface area contributed by atoms with Crippen LogP contribution in [-0.4, -0.2) is 23.7 Å². The van der Waals surface area contributed by atoms with Gasteiger partial charge >= 0.3 is 0 Å². The number of pyridine rings is 2. The number of benzene rings is 19. The lowest BCUT2D eigenvalue weighted by Gasteiger charge is -2.28. The van der Waals surface area contributed by atoms with Crippen molar-refractivity contribution >= 4 is 168 Å². The van der Waals surface area contributed by atoms with Crippen molar-refractivity contribution in [1.82, 2.24) is 23.7 Å². The van der Waals surface area contributed by atoms with Crippen molar-refractivity contribution in [2.75, 3.05) is 29.4 Å². The second kappa shape index (κ2) is 37.8. The summed E-state index contributed by atoms with van der Waals surface area (Å²) < 4.78 is 6.93. The van der Waals surface area contributed by atoms with E-state index >= 15 is 0 Å². The van der Waals surface area contributed by atoms with Crippen molar-refractivity contribution in [3.63, 3.8) is 0 Å². The Morgan fingerprint density at radius 3 is 0.607 bits per heavy atom. The minimum Gasteiger partial charge on any atom is -0.311 e. The van der Waals surface area contributed by atoms with Crippen LogP contribution < -0.4 is 29.4 Å². The number of para-hydroxylation sites is 13. The quantitative estimate of drug-likeness (QED) is 0.0705. The van der Waals surface area contributed by atoms with Crippen LogP contribution in [0.3, 0.4) is 0 Å². The van der Waals surface area contributed by atoms with Crippen molar-refractivity contribution in [3.05, 3.63) is 552 Å². The van der Waals surface area contributed by atoms with E-state index in [0.717, 1.165) is 147 Å². The molecule has 5 heterocycles. The Kier molecular flexibility index (Phi) is 23.0. The van der Waals surface area contributed by atoms with Crippen LogP contribution in [-0.2, 0) is 0 Å². The molecule has 24 aromatic rings. The maximum Gasteiger partial charge on any atom is 0.145 e. The summed E-state index contributed by atoms with van der Waals surface area (Å²) in [6.45, 7) is 0. The average Bonchev–Trinajstić information content (AvgIpc) is 1.61. The number of rotatable bonds is 21. The van der Waals surface area contributed by atoms with Crippen molar-refractivity contribution < 1.29 is 0 Å². The zero-order valence-electron chi connectivity index (χ0n) is 74.0. The third-order valence-electron chi connectivity index (χ3n) is 24.8. The Hall–Kier alpha value is -18.3. The lowest BCUT2D eigenvalue weighted by Crippen LogP contribution is -2.12. The Morgan fingerprint density at radius 2 is 0.326 bits per heavy atom. The zero-order chi connectivity index (χ0) is 90.0. The first kappa shape index (κ1) is 82.4. The fraction of sp³-hybridized carbons (Fsp3) is 0. The molecule has 0 atom stereocenters. The van der Waals surface area contributed by atoms with Gasteiger partial charge in [0.05, 0.1) is 27.6 Å². The first-order valence-electron chi connectivity index (χ1n) is 45.6. The largest absolute Gasteiger partial charge is 0.311 e. The fourth-order valence-corrected chi connectivity index (χ4v) is 18.8.